The van der Waals surface area contributed by atoms with Gasteiger partial charge in [0.25, 0.3) is 0 Å². The Kier molecular flexibility index (Phi) is 2.78. The molecular formula is C16H20O. The average Bonchev–Trinajstić information content (AvgIpc) is 2.31. The van der Waals surface area contributed by atoms with Crippen LogP contribution >= 0.6 is 0 Å². The molecular weight excluding hydrogens is 208 g/mol. The van der Waals surface area contributed by atoms with Crippen molar-refractivity contribution in [2.75, 3.05) is 0 Å². The summed E-state index contributed by atoms with van der Waals surface area (Å²) in [4.78, 5) is 12.4. The highest BCUT2D eigenvalue weighted by atomic mass is 16.1. The van der Waals surface area contributed by atoms with E-state index in [9.17, 15) is 4.79 Å². The molecule has 0 saturated heterocycles. The fourth-order valence-corrected chi connectivity index (χ4v) is 3.34. The van der Waals surface area contributed by atoms with Crippen LogP contribution in [0.3, 0.4) is 0 Å². The van der Waals surface area contributed by atoms with Crippen molar-refractivity contribution < 1.29 is 4.79 Å². The van der Waals surface area contributed by atoms with Crippen molar-refractivity contribution in [3.8, 4) is 0 Å². The monoisotopic (exact) mass is 228 g/mol. The van der Waals surface area contributed by atoms with Gasteiger partial charge in [0.15, 0.2) is 0 Å². The van der Waals surface area contributed by atoms with E-state index < -0.39 is 0 Å². The van der Waals surface area contributed by atoms with E-state index in [-0.39, 0.29) is 5.92 Å². The molecule has 90 valence electrons. The van der Waals surface area contributed by atoms with Crippen LogP contribution in [-0.2, 0) is 11.2 Å². The third-order valence-electron chi connectivity index (χ3n) is 4.62. The zero-order chi connectivity index (χ0) is 11.8. The number of fused-ring (bicyclic) bond motifs is 1. The van der Waals surface area contributed by atoms with Gasteiger partial charge in [0.2, 0.25) is 0 Å². The topological polar surface area (TPSA) is 17.1 Å². The van der Waals surface area contributed by atoms with Crippen LogP contribution in [-0.4, -0.2) is 5.78 Å². The van der Waals surface area contributed by atoms with Crippen molar-refractivity contribution in [2.45, 2.75) is 44.9 Å². The first-order valence-corrected chi connectivity index (χ1v) is 6.87. The molecule has 2 aliphatic carbocycles. The summed E-state index contributed by atoms with van der Waals surface area (Å²) in [6.45, 7) is 2.30. The molecule has 2 aliphatic rings. The van der Waals surface area contributed by atoms with E-state index in [1.165, 1.54) is 24.0 Å². The Morgan fingerprint density at radius 1 is 1.12 bits per heavy atom. The van der Waals surface area contributed by atoms with Crippen LogP contribution in [0.5, 0.6) is 0 Å². The van der Waals surface area contributed by atoms with E-state index in [1.54, 1.807) is 0 Å². The van der Waals surface area contributed by atoms with Crippen molar-refractivity contribution in [3.63, 3.8) is 0 Å². The molecule has 0 spiro atoms. The first-order valence-electron chi connectivity index (χ1n) is 6.87. The zero-order valence-electron chi connectivity index (χ0n) is 10.5. The summed E-state index contributed by atoms with van der Waals surface area (Å²) in [5.74, 6) is 1.93. The Bertz CT molecular complexity index is 427. The first-order chi connectivity index (χ1) is 8.25. The Morgan fingerprint density at radius 3 is 2.53 bits per heavy atom. The number of carbonyl (C=O) groups is 1. The first kappa shape index (κ1) is 11.0. The van der Waals surface area contributed by atoms with E-state index in [2.05, 4.69) is 31.2 Å². The third kappa shape index (κ3) is 1.92. The summed E-state index contributed by atoms with van der Waals surface area (Å²) >= 11 is 0. The fourth-order valence-electron chi connectivity index (χ4n) is 3.34. The van der Waals surface area contributed by atoms with Crippen LogP contribution in [0.25, 0.3) is 0 Å². The van der Waals surface area contributed by atoms with Crippen LogP contribution in [0.4, 0.5) is 0 Å². The van der Waals surface area contributed by atoms with Crippen LogP contribution in [0.2, 0.25) is 0 Å². The lowest BCUT2D eigenvalue weighted by Gasteiger charge is -2.34. The minimum absolute atomic E-state index is 0.226. The minimum Gasteiger partial charge on any atom is -0.299 e. The third-order valence-corrected chi connectivity index (χ3v) is 4.62. The van der Waals surface area contributed by atoms with Crippen molar-refractivity contribution in [1.82, 2.24) is 0 Å². The van der Waals surface area contributed by atoms with Gasteiger partial charge in [-0.1, -0.05) is 44.0 Å². The second kappa shape index (κ2) is 4.29. The molecule has 0 heterocycles. The summed E-state index contributed by atoms with van der Waals surface area (Å²) in [5, 5.41) is 0. The quantitative estimate of drug-likeness (QED) is 0.754. The van der Waals surface area contributed by atoms with Crippen LogP contribution in [0.15, 0.2) is 24.3 Å². The number of benzene rings is 1. The van der Waals surface area contributed by atoms with Gasteiger partial charge in [-0.2, -0.15) is 0 Å². The molecule has 1 aromatic rings. The summed E-state index contributed by atoms with van der Waals surface area (Å²) in [6, 6.07) is 8.41. The van der Waals surface area contributed by atoms with Gasteiger partial charge in [-0.3, -0.25) is 4.79 Å². The molecule has 0 radical (unpaired) electrons. The zero-order valence-corrected chi connectivity index (χ0v) is 10.5. The number of hydrogen-bond donors (Lipinski definition) is 0. The Morgan fingerprint density at radius 2 is 1.82 bits per heavy atom. The number of carbonyl (C=O) groups excluding carboxylic acids is 1. The maximum Gasteiger partial charge on any atom is 0.143 e. The second-order valence-electron chi connectivity index (χ2n) is 5.81. The lowest BCUT2D eigenvalue weighted by molar-refractivity contribution is -0.126. The van der Waals surface area contributed by atoms with Crippen LogP contribution in [0.1, 0.15) is 49.7 Å². The Balaban J connectivity index is 1.69. The van der Waals surface area contributed by atoms with Gasteiger partial charge in [0, 0.05) is 11.8 Å². The molecule has 0 amide bonds. The maximum absolute atomic E-state index is 12.4. The molecule has 0 aromatic heterocycles. The highest BCUT2D eigenvalue weighted by Crippen LogP contribution is 2.40. The highest BCUT2D eigenvalue weighted by molar-refractivity contribution is 5.90. The summed E-state index contributed by atoms with van der Waals surface area (Å²) in [5.41, 5.74) is 2.69. The van der Waals surface area contributed by atoms with Gasteiger partial charge in [-0.15, -0.1) is 0 Å². The average molecular weight is 228 g/mol. The lowest BCUT2D eigenvalue weighted by atomic mass is 9.69. The van der Waals surface area contributed by atoms with Gasteiger partial charge >= 0.3 is 0 Å². The number of rotatable bonds is 2. The Hall–Kier alpha value is -1.11. The molecule has 17 heavy (non-hydrogen) atoms. The minimum atomic E-state index is 0.226. The molecule has 1 aromatic carbocycles. The van der Waals surface area contributed by atoms with E-state index in [1.807, 2.05) is 0 Å². The van der Waals surface area contributed by atoms with Crippen molar-refractivity contribution >= 4 is 5.78 Å². The molecule has 1 saturated carbocycles. The normalized spacial score (nSPS) is 31.5. The Labute approximate surface area is 103 Å². The van der Waals surface area contributed by atoms with E-state index in [0.29, 0.717) is 11.7 Å². The van der Waals surface area contributed by atoms with Gasteiger partial charge < -0.3 is 0 Å². The van der Waals surface area contributed by atoms with E-state index in [4.69, 9.17) is 0 Å². The molecule has 1 unspecified atom stereocenters. The number of ketones is 1. The number of hydrogen-bond acceptors (Lipinski definition) is 1. The van der Waals surface area contributed by atoms with Gasteiger partial charge in [0.05, 0.1) is 0 Å². The molecule has 0 aliphatic heterocycles. The standard InChI is InChI=1S/C16H20O/c1-11-6-8-12(9-7-11)16(17)15-10-13-4-2-3-5-14(13)15/h2-5,11-12,15H,6-10H2,1H3. The largest absolute Gasteiger partial charge is 0.299 e. The van der Waals surface area contributed by atoms with E-state index in [0.717, 1.165) is 25.2 Å². The van der Waals surface area contributed by atoms with Crippen LogP contribution < -0.4 is 0 Å². The predicted molar refractivity (Wildman–Crippen MR) is 69.0 cm³/mol. The van der Waals surface area contributed by atoms with Crippen molar-refractivity contribution in [2.24, 2.45) is 11.8 Å². The molecule has 3 rings (SSSR count). The van der Waals surface area contributed by atoms with Crippen LogP contribution in [0, 0.1) is 11.8 Å². The summed E-state index contributed by atoms with van der Waals surface area (Å²) in [6.07, 6.45) is 5.72. The summed E-state index contributed by atoms with van der Waals surface area (Å²) < 4.78 is 0. The molecule has 1 nitrogen and oxygen atoms in total. The molecule has 0 N–H and O–H groups in total. The smallest absolute Gasteiger partial charge is 0.143 e. The molecule has 1 fully saturated rings. The number of Topliss-reactive ketones (excluding diaryl/α,β-unsaturated/α-hetero) is 1. The molecule has 0 bridgehead atoms. The summed E-state index contributed by atoms with van der Waals surface area (Å²) in [7, 11) is 0. The van der Waals surface area contributed by atoms with Gasteiger partial charge in [-0.25, -0.2) is 0 Å². The van der Waals surface area contributed by atoms with Gasteiger partial charge in [0.1, 0.15) is 5.78 Å². The van der Waals surface area contributed by atoms with Crippen molar-refractivity contribution in [3.05, 3.63) is 35.4 Å². The lowest BCUT2D eigenvalue weighted by Crippen LogP contribution is -2.32. The SMILES string of the molecule is CC1CCC(C(=O)C2Cc3ccccc32)CC1. The highest BCUT2D eigenvalue weighted by Gasteiger charge is 2.36. The second-order valence-corrected chi connectivity index (χ2v) is 5.81. The van der Waals surface area contributed by atoms with E-state index >= 15 is 0 Å². The van der Waals surface area contributed by atoms with Gasteiger partial charge in [-0.05, 0) is 36.3 Å². The molecule has 1 heteroatoms. The maximum atomic E-state index is 12.4. The fraction of sp³-hybridized carbons (Fsp3) is 0.562. The van der Waals surface area contributed by atoms with Crippen molar-refractivity contribution in [1.29, 1.82) is 0 Å². The molecule has 1 atom stereocenters. The predicted octanol–water partition coefficient (Wildman–Crippen LogP) is 3.72.